The van der Waals surface area contributed by atoms with Crippen LogP contribution >= 0.6 is 0 Å². The van der Waals surface area contributed by atoms with Crippen molar-refractivity contribution in [2.45, 2.75) is 5.60 Å². The fourth-order valence-electron chi connectivity index (χ4n) is 0.572. The van der Waals surface area contributed by atoms with Gasteiger partial charge in [-0.25, -0.2) is 0 Å². The molecule has 0 aliphatic carbocycles. The van der Waals surface area contributed by atoms with E-state index in [1.54, 1.807) is 0 Å². The first-order valence-corrected chi connectivity index (χ1v) is 2.68. The first-order valence-electron chi connectivity index (χ1n) is 2.68. The van der Waals surface area contributed by atoms with Crippen LogP contribution in [-0.2, 0) is 4.74 Å². The smallest absolute Gasteiger partial charge is 0.171 e. The van der Waals surface area contributed by atoms with Crippen molar-refractivity contribution in [2.24, 2.45) is 0 Å². The predicted octanol–water partition coefficient (Wildman–Crippen LogP) is -1.26. The highest BCUT2D eigenvalue weighted by molar-refractivity contribution is 5.16. The lowest BCUT2D eigenvalue weighted by Gasteiger charge is -2.30. The van der Waals surface area contributed by atoms with E-state index in [0.29, 0.717) is 0 Å². The summed E-state index contributed by atoms with van der Waals surface area (Å²) in [6.07, 6.45) is 0. The minimum absolute atomic E-state index is 0.206. The van der Waals surface area contributed by atoms with Crippen molar-refractivity contribution < 1.29 is 14.9 Å². The summed E-state index contributed by atoms with van der Waals surface area (Å²) < 4.78 is 4.70. The second kappa shape index (κ2) is 2.36. The second-order valence-electron chi connectivity index (χ2n) is 1.98. The molecule has 0 saturated carbocycles. The molecule has 0 radical (unpaired) electrons. The van der Waals surface area contributed by atoms with Gasteiger partial charge >= 0.3 is 0 Å². The third-order valence-corrected chi connectivity index (χ3v) is 1.08. The Morgan fingerprint density at radius 3 is 2.56 bits per heavy atom. The fourth-order valence-corrected chi connectivity index (χ4v) is 0.572. The van der Waals surface area contributed by atoms with Gasteiger partial charge in [-0.1, -0.05) is 11.8 Å². The zero-order valence-corrected chi connectivity index (χ0v) is 4.92. The summed E-state index contributed by atoms with van der Waals surface area (Å²) in [7, 11) is 0. The second-order valence-corrected chi connectivity index (χ2v) is 1.98. The van der Waals surface area contributed by atoms with E-state index in [9.17, 15) is 0 Å². The van der Waals surface area contributed by atoms with Gasteiger partial charge in [-0.3, -0.25) is 0 Å². The molecular weight excluding hydrogens is 120 g/mol. The first-order chi connectivity index (χ1) is 4.27. The standard InChI is InChI=1S/C6H8O3/c7-3-1-2-6(8)4-9-5-6/h7-8H,3-5H2. The molecule has 9 heavy (non-hydrogen) atoms. The number of aliphatic hydroxyl groups excluding tert-OH is 1. The van der Waals surface area contributed by atoms with E-state index >= 15 is 0 Å². The Bertz CT molecular complexity index is 149. The van der Waals surface area contributed by atoms with Crippen LogP contribution in [-0.4, -0.2) is 35.6 Å². The van der Waals surface area contributed by atoms with Crippen LogP contribution in [0.5, 0.6) is 0 Å². The summed E-state index contributed by atoms with van der Waals surface area (Å²) in [6.45, 7) is 0.322. The van der Waals surface area contributed by atoms with Gasteiger partial charge in [0.1, 0.15) is 6.61 Å². The highest BCUT2D eigenvalue weighted by Crippen LogP contribution is 2.13. The average molecular weight is 128 g/mol. The molecule has 0 unspecified atom stereocenters. The summed E-state index contributed by atoms with van der Waals surface area (Å²) in [6, 6.07) is 0. The Hall–Kier alpha value is -0.560. The van der Waals surface area contributed by atoms with Crippen LogP contribution in [0.2, 0.25) is 0 Å². The van der Waals surface area contributed by atoms with Crippen LogP contribution in [0.1, 0.15) is 0 Å². The van der Waals surface area contributed by atoms with Gasteiger partial charge in [-0.05, 0) is 0 Å². The maximum atomic E-state index is 9.13. The van der Waals surface area contributed by atoms with Crippen LogP contribution in [0.25, 0.3) is 0 Å². The van der Waals surface area contributed by atoms with Gasteiger partial charge in [-0.2, -0.15) is 0 Å². The van der Waals surface area contributed by atoms with Crippen molar-refractivity contribution in [3.8, 4) is 11.8 Å². The van der Waals surface area contributed by atoms with Crippen molar-refractivity contribution in [2.75, 3.05) is 19.8 Å². The Labute approximate surface area is 53.3 Å². The summed E-state index contributed by atoms with van der Waals surface area (Å²) in [5.74, 6) is 4.84. The van der Waals surface area contributed by atoms with E-state index in [4.69, 9.17) is 14.9 Å². The lowest BCUT2D eigenvalue weighted by atomic mass is 10.0. The molecule has 0 aromatic heterocycles. The molecule has 0 spiro atoms. The molecule has 1 aliphatic heterocycles. The molecule has 50 valence electrons. The average Bonchev–Trinajstić information content (AvgIpc) is 1.79. The Balaban J connectivity index is 2.41. The number of hydrogen-bond donors (Lipinski definition) is 2. The molecular formula is C6H8O3. The lowest BCUT2D eigenvalue weighted by Crippen LogP contribution is -2.48. The van der Waals surface area contributed by atoms with Gasteiger partial charge in [0.2, 0.25) is 0 Å². The Morgan fingerprint density at radius 2 is 2.22 bits per heavy atom. The molecule has 0 aromatic carbocycles. The number of aliphatic hydroxyl groups is 2. The summed E-state index contributed by atoms with van der Waals surface area (Å²) in [5.41, 5.74) is -0.970. The van der Waals surface area contributed by atoms with Crippen LogP contribution < -0.4 is 0 Å². The summed E-state index contributed by atoms with van der Waals surface area (Å²) in [4.78, 5) is 0. The summed E-state index contributed by atoms with van der Waals surface area (Å²) in [5, 5.41) is 17.4. The van der Waals surface area contributed by atoms with Crippen LogP contribution in [0.3, 0.4) is 0 Å². The van der Waals surface area contributed by atoms with E-state index in [-0.39, 0.29) is 19.8 Å². The quantitative estimate of drug-likeness (QED) is 0.400. The molecule has 0 aromatic rings. The SMILES string of the molecule is OCC#CC1(O)COC1. The molecule has 0 bridgehead atoms. The van der Waals surface area contributed by atoms with E-state index in [1.165, 1.54) is 0 Å². The van der Waals surface area contributed by atoms with Crippen LogP contribution in [0, 0.1) is 11.8 Å². The largest absolute Gasteiger partial charge is 0.384 e. The zero-order valence-electron chi connectivity index (χ0n) is 4.92. The zero-order chi connectivity index (χ0) is 6.74. The third kappa shape index (κ3) is 1.42. The van der Waals surface area contributed by atoms with Gasteiger partial charge in [0, 0.05) is 0 Å². The van der Waals surface area contributed by atoms with Crippen molar-refractivity contribution in [3.05, 3.63) is 0 Å². The van der Waals surface area contributed by atoms with Gasteiger partial charge < -0.3 is 14.9 Å². The predicted molar refractivity (Wildman–Crippen MR) is 30.6 cm³/mol. The van der Waals surface area contributed by atoms with Gasteiger partial charge in [0.25, 0.3) is 0 Å². The minimum Gasteiger partial charge on any atom is -0.384 e. The molecule has 2 N–H and O–H groups in total. The topological polar surface area (TPSA) is 49.7 Å². The molecule has 1 saturated heterocycles. The Kier molecular flexibility index (Phi) is 1.72. The van der Waals surface area contributed by atoms with Crippen molar-refractivity contribution >= 4 is 0 Å². The summed E-state index contributed by atoms with van der Waals surface area (Å²) >= 11 is 0. The number of hydrogen-bond acceptors (Lipinski definition) is 3. The van der Waals surface area contributed by atoms with Gasteiger partial charge in [0.05, 0.1) is 13.2 Å². The maximum Gasteiger partial charge on any atom is 0.171 e. The van der Waals surface area contributed by atoms with Crippen molar-refractivity contribution in [3.63, 3.8) is 0 Å². The Morgan fingerprint density at radius 1 is 1.56 bits per heavy atom. The van der Waals surface area contributed by atoms with E-state index in [2.05, 4.69) is 11.8 Å². The highest BCUT2D eigenvalue weighted by Gasteiger charge is 2.33. The van der Waals surface area contributed by atoms with Crippen molar-refractivity contribution in [1.82, 2.24) is 0 Å². The van der Waals surface area contributed by atoms with Crippen LogP contribution in [0.15, 0.2) is 0 Å². The highest BCUT2D eigenvalue weighted by atomic mass is 16.5. The van der Waals surface area contributed by atoms with E-state index in [1.807, 2.05) is 0 Å². The molecule has 1 heterocycles. The third-order valence-electron chi connectivity index (χ3n) is 1.08. The van der Waals surface area contributed by atoms with Crippen LogP contribution in [0.4, 0.5) is 0 Å². The minimum atomic E-state index is -0.970. The molecule has 0 atom stereocenters. The normalized spacial score (nSPS) is 21.6. The molecule has 3 heteroatoms. The van der Waals surface area contributed by atoms with E-state index in [0.717, 1.165) is 0 Å². The molecule has 1 rings (SSSR count). The van der Waals surface area contributed by atoms with E-state index < -0.39 is 5.60 Å². The molecule has 1 fully saturated rings. The number of rotatable bonds is 0. The van der Waals surface area contributed by atoms with Gasteiger partial charge in [-0.15, -0.1) is 0 Å². The maximum absolute atomic E-state index is 9.13. The fraction of sp³-hybridized carbons (Fsp3) is 0.667. The molecule has 3 nitrogen and oxygen atoms in total. The monoisotopic (exact) mass is 128 g/mol. The van der Waals surface area contributed by atoms with Crippen molar-refractivity contribution in [1.29, 1.82) is 0 Å². The van der Waals surface area contributed by atoms with Gasteiger partial charge in [0.15, 0.2) is 5.60 Å². The first kappa shape index (κ1) is 6.56. The lowest BCUT2D eigenvalue weighted by molar-refractivity contribution is -0.141. The number of ether oxygens (including phenoxy) is 1. The molecule has 1 aliphatic rings. The molecule has 0 amide bonds.